The van der Waals surface area contributed by atoms with E-state index in [1.54, 1.807) is 25.3 Å². The number of aliphatic hydroxyl groups is 1. The summed E-state index contributed by atoms with van der Waals surface area (Å²) < 4.78 is 0. The molecule has 1 aromatic rings. The van der Waals surface area contributed by atoms with Gasteiger partial charge in [0.15, 0.2) is 12.0 Å². The molecule has 0 spiro atoms. The number of ketones is 1. The molecule has 0 radical (unpaired) electrons. The zero-order valence-electron chi connectivity index (χ0n) is 10.4. The van der Waals surface area contributed by atoms with Gasteiger partial charge in [0.25, 0.3) is 0 Å². The standard InChI is InChI=1S/C13H18N2O2S/c1-9(18)12(16)11-6-4-8-15(11)13(17)10-5-2-3-7-14-10/h2-3,5,7,9,11,13,17-18H,4,6,8H2,1H3/t9?,11-,13?/m0/s1. The molecule has 1 aliphatic heterocycles. The molecule has 0 aliphatic carbocycles. The topological polar surface area (TPSA) is 53.4 Å². The highest BCUT2D eigenvalue weighted by Gasteiger charge is 2.36. The predicted octanol–water partition coefficient (Wildman–Crippen LogP) is 1.42. The van der Waals surface area contributed by atoms with Crippen LogP contribution in [-0.4, -0.2) is 38.6 Å². The van der Waals surface area contributed by atoms with Gasteiger partial charge < -0.3 is 5.11 Å². The Kier molecular flexibility index (Phi) is 4.37. The van der Waals surface area contributed by atoms with Crippen molar-refractivity contribution >= 4 is 18.4 Å². The third-order valence-electron chi connectivity index (χ3n) is 3.30. The van der Waals surface area contributed by atoms with Crippen molar-refractivity contribution < 1.29 is 9.90 Å². The number of carbonyl (C=O) groups is 1. The van der Waals surface area contributed by atoms with Gasteiger partial charge in [-0.05, 0) is 31.9 Å². The predicted molar refractivity (Wildman–Crippen MR) is 72.4 cm³/mol. The van der Waals surface area contributed by atoms with Crippen molar-refractivity contribution in [1.82, 2.24) is 9.88 Å². The van der Waals surface area contributed by atoms with Crippen molar-refractivity contribution in [2.75, 3.05) is 6.54 Å². The van der Waals surface area contributed by atoms with Crippen molar-refractivity contribution in [3.05, 3.63) is 30.1 Å². The normalized spacial score (nSPS) is 23.8. The number of pyridine rings is 1. The fourth-order valence-corrected chi connectivity index (χ4v) is 2.54. The summed E-state index contributed by atoms with van der Waals surface area (Å²) in [7, 11) is 0. The summed E-state index contributed by atoms with van der Waals surface area (Å²) in [6, 6.07) is 5.17. The molecule has 1 N–H and O–H groups in total. The van der Waals surface area contributed by atoms with Crippen molar-refractivity contribution in [2.24, 2.45) is 0 Å². The van der Waals surface area contributed by atoms with Crippen LogP contribution in [0.5, 0.6) is 0 Å². The molecule has 18 heavy (non-hydrogen) atoms. The minimum Gasteiger partial charge on any atom is -0.372 e. The summed E-state index contributed by atoms with van der Waals surface area (Å²) in [4.78, 5) is 18.0. The quantitative estimate of drug-likeness (QED) is 0.809. The molecule has 0 amide bonds. The first-order chi connectivity index (χ1) is 8.61. The highest BCUT2D eigenvalue weighted by atomic mass is 32.1. The summed E-state index contributed by atoms with van der Waals surface area (Å²) in [6.45, 7) is 2.49. The average Bonchev–Trinajstić information content (AvgIpc) is 2.87. The zero-order valence-corrected chi connectivity index (χ0v) is 11.3. The second-order valence-electron chi connectivity index (χ2n) is 4.60. The highest BCUT2D eigenvalue weighted by molar-refractivity contribution is 7.81. The SMILES string of the molecule is CC(S)C(=O)[C@@H]1CCCN1C(O)c1ccccn1. The minimum atomic E-state index is -0.810. The van der Waals surface area contributed by atoms with Gasteiger partial charge in [-0.3, -0.25) is 14.7 Å². The molecule has 1 aliphatic rings. The van der Waals surface area contributed by atoms with Crippen molar-refractivity contribution in [3.63, 3.8) is 0 Å². The molecule has 0 saturated carbocycles. The molecule has 98 valence electrons. The molecule has 0 bridgehead atoms. The molecule has 2 heterocycles. The second-order valence-corrected chi connectivity index (χ2v) is 5.38. The van der Waals surface area contributed by atoms with E-state index in [0.717, 1.165) is 12.8 Å². The van der Waals surface area contributed by atoms with E-state index in [4.69, 9.17) is 0 Å². The van der Waals surface area contributed by atoms with Crippen LogP contribution in [0.1, 0.15) is 31.7 Å². The summed E-state index contributed by atoms with van der Waals surface area (Å²) in [5.74, 6) is 0.0748. The van der Waals surface area contributed by atoms with E-state index in [9.17, 15) is 9.90 Å². The zero-order chi connectivity index (χ0) is 13.1. The lowest BCUT2D eigenvalue weighted by Gasteiger charge is -2.28. The first-order valence-corrected chi connectivity index (χ1v) is 6.69. The second kappa shape index (κ2) is 5.82. The lowest BCUT2D eigenvalue weighted by atomic mass is 10.1. The molecule has 2 rings (SSSR count). The Bertz CT molecular complexity index is 411. The number of hydrogen-bond acceptors (Lipinski definition) is 5. The van der Waals surface area contributed by atoms with E-state index in [1.807, 2.05) is 11.0 Å². The molecule has 3 atom stereocenters. The maximum Gasteiger partial charge on any atom is 0.162 e. The number of rotatable bonds is 4. The third-order valence-corrected chi connectivity index (χ3v) is 3.56. The fourth-order valence-electron chi connectivity index (χ4n) is 2.36. The first-order valence-electron chi connectivity index (χ1n) is 6.18. The van der Waals surface area contributed by atoms with Crippen molar-refractivity contribution in [3.8, 4) is 0 Å². The summed E-state index contributed by atoms with van der Waals surface area (Å²) in [5, 5.41) is 10.0. The Morgan fingerprint density at radius 1 is 1.61 bits per heavy atom. The molecule has 1 fully saturated rings. The van der Waals surface area contributed by atoms with Gasteiger partial charge in [-0.1, -0.05) is 6.07 Å². The van der Waals surface area contributed by atoms with E-state index < -0.39 is 6.23 Å². The maximum absolute atomic E-state index is 12.0. The number of aromatic nitrogens is 1. The van der Waals surface area contributed by atoms with E-state index in [0.29, 0.717) is 12.2 Å². The first kappa shape index (κ1) is 13.5. The molecule has 1 saturated heterocycles. The number of Topliss-reactive ketones (excluding diaryl/α,β-unsaturated/α-hetero) is 1. The largest absolute Gasteiger partial charge is 0.372 e. The lowest BCUT2D eigenvalue weighted by molar-refractivity contribution is -0.126. The highest BCUT2D eigenvalue weighted by Crippen LogP contribution is 2.28. The van der Waals surface area contributed by atoms with E-state index in [1.165, 1.54) is 0 Å². The van der Waals surface area contributed by atoms with Crippen molar-refractivity contribution in [1.29, 1.82) is 0 Å². The maximum atomic E-state index is 12.0. The van der Waals surface area contributed by atoms with Gasteiger partial charge in [0.2, 0.25) is 0 Å². The molecule has 5 heteroatoms. The average molecular weight is 266 g/mol. The van der Waals surface area contributed by atoms with Gasteiger partial charge in [-0.15, -0.1) is 0 Å². The Morgan fingerprint density at radius 3 is 3.00 bits per heavy atom. The number of hydrogen-bond donors (Lipinski definition) is 2. The Balaban J connectivity index is 2.14. The Labute approximate surface area is 112 Å². The van der Waals surface area contributed by atoms with Gasteiger partial charge >= 0.3 is 0 Å². The van der Waals surface area contributed by atoms with Crippen LogP contribution in [0.15, 0.2) is 24.4 Å². The van der Waals surface area contributed by atoms with Crippen LogP contribution >= 0.6 is 12.6 Å². The van der Waals surface area contributed by atoms with Crippen LogP contribution in [0.25, 0.3) is 0 Å². The van der Waals surface area contributed by atoms with Gasteiger partial charge in [0, 0.05) is 12.7 Å². The van der Waals surface area contributed by atoms with Crippen LogP contribution in [0, 0.1) is 0 Å². The number of thiol groups is 1. The van der Waals surface area contributed by atoms with Crippen LogP contribution < -0.4 is 0 Å². The smallest absolute Gasteiger partial charge is 0.162 e. The number of aliphatic hydroxyl groups excluding tert-OH is 1. The minimum absolute atomic E-state index is 0.0748. The van der Waals surface area contributed by atoms with Gasteiger partial charge in [-0.2, -0.15) is 12.6 Å². The lowest BCUT2D eigenvalue weighted by Crippen LogP contribution is -2.41. The summed E-state index contributed by atoms with van der Waals surface area (Å²) in [6.07, 6.45) is 2.54. The molecular formula is C13H18N2O2S. The Morgan fingerprint density at radius 2 is 2.39 bits per heavy atom. The third kappa shape index (κ3) is 2.74. The number of likely N-dealkylation sites (tertiary alicyclic amines) is 1. The molecule has 2 unspecified atom stereocenters. The van der Waals surface area contributed by atoms with E-state index in [2.05, 4.69) is 17.6 Å². The molecule has 0 aromatic carbocycles. The summed E-state index contributed by atoms with van der Waals surface area (Å²) in [5.41, 5.74) is 0.587. The number of carbonyl (C=O) groups excluding carboxylic acids is 1. The molecule has 4 nitrogen and oxygen atoms in total. The molecular weight excluding hydrogens is 248 g/mol. The van der Waals surface area contributed by atoms with Crippen LogP contribution in [0.4, 0.5) is 0 Å². The van der Waals surface area contributed by atoms with Crippen LogP contribution in [0.2, 0.25) is 0 Å². The van der Waals surface area contributed by atoms with Gasteiger partial charge in [0.05, 0.1) is 17.0 Å². The van der Waals surface area contributed by atoms with Crippen LogP contribution in [-0.2, 0) is 4.79 Å². The number of nitrogens with zero attached hydrogens (tertiary/aromatic N) is 2. The van der Waals surface area contributed by atoms with Crippen LogP contribution in [0.3, 0.4) is 0 Å². The monoisotopic (exact) mass is 266 g/mol. The fraction of sp³-hybridized carbons (Fsp3) is 0.538. The van der Waals surface area contributed by atoms with Crippen molar-refractivity contribution in [2.45, 2.75) is 37.3 Å². The van der Waals surface area contributed by atoms with E-state index in [-0.39, 0.29) is 17.1 Å². The van der Waals surface area contributed by atoms with Gasteiger partial charge in [0.1, 0.15) is 0 Å². The summed E-state index contributed by atoms with van der Waals surface area (Å²) >= 11 is 4.19. The van der Waals surface area contributed by atoms with E-state index >= 15 is 0 Å². The Hall–Kier alpha value is -0.910. The van der Waals surface area contributed by atoms with Gasteiger partial charge in [-0.25, -0.2) is 0 Å². The molecule has 1 aromatic heterocycles.